The molecule has 1 saturated carbocycles. The van der Waals surface area contributed by atoms with Gasteiger partial charge in [-0.2, -0.15) is 0 Å². The van der Waals surface area contributed by atoms with Gasteiger partial charge in [-0.15, -0.1) is 0 Å². The summed E-state index contributed by atoms with van der Waals surface area (Å²) in [6.07, 6.45) is 6.26. The maximum absolute atomic E-state index is 12.5. The number of carbonyl (C=O) groups is 1. The highest BCUT2D eigenvalue weighted by Gasteiger charge is 2.25. The summed E-state index contributed by atoms with van der Waals surface area (Å²) >= 11 is 0. The Balaban J connectivity index is 1.16. The van der Waals surface area contributed by atoms with Gasteiger partial charge in [-0.1, -0.05) is 105 Å². The predicted octanol–water partition coefficient (Wildman–Crippen LogP) is 8.17. The zero-order valence-electron chi connectivity index (χ0n) is 21.0. The second kappa shape index (κ2) is 11.5. The highest BCUT2D eigenvalue weighted by molar-refractivity contribution is 5.93. The van der Waals surface area contributed by atoms with E-state index in [0.29, 0.717) is 24.0 Å². The summed E-state index contributed by atoms with van der Waals surface area (Å²) in [5.74, 6) is 1.63. The van der Waals surface area contributed by atoms with Gasteiger partial charge in [0.05, 0.1) is 6.61 Å². The molecule has 36 heavy (non-hydrogen) atoms. The molecule has 184 valence electrons. The van der Waals surface area contributed by atoms with Crippen LogP contribution >= 0.6 is 0 Å². The SMILES string of the molecule is C[C@@H](C[C@H]1CCC[C@H](c2ccc(C(=O)NOCc3ccccc3)cc2)C1)c1cccc2ccccc12. The van der Waals surface area contributed by atoms with Crippen molar-refractivity contribution in [2.24, 2.45) is 5.92 Å². The number of carbonyl (C=O) groups excluding carboxylic acids is 1. The molecule has 0 aliphatic heterocycles. The topological polar surface area (TPSA) is 38.3 Å². The van der Waals surface area contributed by atoms with E-state index in [-0.39, 0.29) is 5.91 Å². The van der Waals surface area contributed by atoms with Gasteiger partial charge >= 0.3 is 0 Å². The summed E-state index contributed by atoms with van der Waals surface area (Å²) in [5.41, 5.74) is 7.03. The van der Waals surface area contributed by atoms with E-state index < -0.39 is 0 Å². The number of rotatable bonds is 8. The minimum absolute atomic E-state index is 0.206. The third-order valence-corrected chi connectivity index (χ3v) is 7.71. The molecule has 1 aliphatic rings. The van der Waals surface area contributed by atoms with E-state index in [9.17, 15) is 4.79 Å². The molecule has 5 rings (SSSR count). The van der Waals surface area contributed by atoms with Crippen LogP contribution in [0.1, 0.15) is 77.9 Å². The summed E-state index contributed by atoms with van der Waals surface area (Å²) in [4.78, 5) is 17.9. The molecule has 0 spiro atoms. The Morgan fingerprint density at radius 1 is 0.889 bits per heavy atom. The van der Waals surface area contributed by atoms with Gasteiger partial charge in [-0.25, -0.2) is 5.48 Å². The van der Waals surface area contributed by atoms with Crippen LogP contribution in [0.4, 0.5) is 0 Å². The van der Waals surface area contributed by atoms with Crippen molar-refractivity contribution >= 4 is 16.7 Å². The van der Waals surface area contributed by atoms with E-state index in [1.54, 1.807) is 0 Å². The van der Waals surface area contributed by atoms with Crippen LogP contribution in [0.15, 0.2) is 97.1 Å². The molecule has 1 aliphatic carbocycles. The van der Waals surface area contributed by atoms with Crippen LogP contribution < -0.4 is 5.48 Å². The molecule has 1 N–H and O–H groups in total. The molecule has 0 unspecified atom stereocenters. The van der Waals surface area contributed by atoms with E-state index >= 15 is 0 Å². The Hall–Kier alpha value is -3.43. The average molecular weight is 478 g/mol. The van der Waals surface area contributed by atoms with Gasteiger partial charge in [0, 0.05) is 5.56 Å². The Kier molecular flexibility index (Phi) is 7.78. The molecular weight excluding hydrogens is 442 g/mol. The molecule has 4 aromatic rings. The standard InChI is InChI=1S/C33H35NO2/c1-24(31-16-8-13-28-12-5-6-15-32(28)31)21-26-11-7-14-30(22-26)27-17-19-29(20-18-27)33(35)34-36-23-25-9-3-2-4-10-25/h2-6,8-10,12-13,15-20,24,26,30H,7,11,14,21-23H2,1H3,(H,34,35)/t24-,26+,30-/m0/s1. The smallest absolute Gasteiger partial charge is 0.269 e. The molecule has 3 heteroatoms. The van der Waals surface area contributed by atoms with Crippen molar-refractivity contribution in [1.82, 2.24) is 5.48 Å². The van der Waals surface area contributed by atoms with Crippen LogP contribution in [-0.2, 0) is 11.4 Å². The highest BCUT2D eigenvalue weighted by atomic mass is 16.6. The predicted molar refractivity (Wildman–Crippen MR) is 147 cm³/mol. The molecule has 1 fully saturated rings. The lowest BCUT2D eigenvalue weighted by Gasteiger charge is -2.31. The molecule has 0 heterocycles. The van der Waals surface area contributed by atoms with Gasteiger partial charge in [0.1, 0.15) is 0 Å². The summed E-state index contributed by atoms with van der Waals surface area (Å²) in [5, 5.41) is 2.72. The summed E-state index contributed by atoms with van der Waals surface area (Å²) in [7, 11) is 0. The number of benzene rings is 4. The zero-order chi connectivity index (χ0) is 24.7. The first-order chi connectivity index (χ1) is 17.7. The number of hydroxylamine groups is 1. The molecule has 0 radical (unpaired) electrons. The molecule has 3 nitrogen and oxygen atoms in total. The van der Waals surface area contributed by atoms with Gasteiger partial charge in [0.25, 0.3) is 5.91 Å². The minimum Gasteiger partial charge on any atom is -0.269 e. The lowest BCUT2D eigenvalue weighted by Crippen LogP contribution is -2.23. The van der Waals surface area contributed by atoms with Crippen LogP contribution in [0.25, 0.3) is 10.8 Å². The number of fused-ring (bicyclic) bond motifs is 1. The first-order valence-electron chi connectivity index (χ1n) is 13.2. The first-order valence-corrected chi connectivity index (χ1v) is 13.2. The summed E-state index contributed by atoms with van der Waals surface area (Å²) in [6.45, 7) is 2.74. The number of amides is 1. The van der Waals surface area contributed by atoms with Crippen LogP contribution in [0, 0.1) is 5.92 Å². The van der Waals surface area contributed by atoms with Crippen molar-refractivity contribution in [2.75, 3.05) is 0 Å². The highest BCUT2D eigenvalue weighted by Crippen LogP contribution is 2.41. The second-order valence-corrected chi connectivity index (χ2v) is 10.3. The van der Waals surface area contributed by atoms with E-state index in [4.69, 9.17) is 4.84 Å². The molecule has 3 atom stereocenters. The molecule has 0 bridgehead atoms. The van der Waals surface area contributed by atoms with Crippen LogP contribution in [0.2, 0.25) is 0 Å². The number of hydrogen-bond donors (Lipinski definition) is 1. The zero-order valence-corrected chi connectivity index (χ0v) is 21.0. The Labute approximate surface area is 214 Å². The van der Waals surface area contributed by atoms with Crippen molar-refractivity contribution in [2.45, 2.75) is 57.5 Å². The van der Waals surface area contributed by atoms with Gasteiger partial charge in [-0.05, 0) is 76.6 Å². The molecule has 4 aromatic carbocycles. The first kappa shape index (κ1) is 24.3. The third-order valence-electron chi connectivity index (χ3n) is 7.71. The van der Waals surface area contributed by atoms with Crippen molar-refractivity contribution in [3.63, 3.8) is 0 Å². The van der Waals surface area contributed by atoms with Crippen molar-refractivity contribution in [3.05, 3.63) is 119 Å². The lowest BCUT2D eigenvalue weighted by atomic mass is 9.74. The van der Waals surface area contributed by atoms with Gasteiger partial charge < -0.3 is 0 Å². The summed E-state index contributed by atoms with van der Waals surface area (Å²) in [6, 6.07) is 33.4. The minimum atomic E-state index is -0.206. The fraction of sp³-hybridized carbons (Fsp3) is 0.303. The normalized spacial score (nSPS) is 18.6. The van der Waals surface area contributed by atoms with Crippen molar-refractivity contribution in [1.29, 1.82) is 0 Å². The third kappa shape index (κ3) is 5.85. The number of hydrogen-bond acceptors (Lipinski definition) is 2. The maximum Gasteiger partial charge on any atom is 0.274 e. The number of nitrogens with one attached hydrogen (secondary N) is 1. The molecule has 0 saturated heterocycles. The Morgan fingerprint density at radius 2 is 1.64 bits per heavy atom. The maximum atomic E-state index is 12.5. The van der Waals surface area contributed by atoms with Gasteiger partial charge in [0.15, 0.2) is 0 Å². The van der Waals surface area contributed by atoms with Crippen LogP contribution in [-0.4, -0.2) is 5.91 Å². The van der Waals surface area contributed by atoms with Crippen molar-refractivity contribution in [3.8, 4) is 0 Å². The van der Waals surface area contributed by atoms with Crippen molar-refractivity contribution < 1.29 is 9.63 Å². The lowest BCUT2D eigenvalue weighted by molar-refractivity contribution is 0.0233. The van der Waals surface area contributed by atoms with E-state index in [2.05, 4.69) is 67.0 Å². The second-order valence-electron chi connectivity index (χ2n) is 10.3. The fourth-order valence-corrected chi connectivity index (χ4v) is 5.84. The molecule has 1 amide bonds. The van der Waals surface area contributed by atoms with E-state index in [0.717, 1.165) is 11.5 Å². The summed E-state index contributed by atoms with van der Waals surface area (Å²) < 4.78 is 0. The van der Waals surface area contributed by atoms with Gasteiger partial charge in [0.2, 0.25) is 0 Å². The van der Waals surface area contributed by atoms with E-state index in [1.807, 2.05) is 42.5 Å². The Morgan fingerprint density at radius 3 is 2.47 bits per heavy atom. The van der Waals surface area contributed by atoms with Crippen LogP contribution in [0.3, 0.4) is 0 Å². The average Bonchev–Trinajstić information content (AvgIpc) is 2.93. The monoisotopic (exact) mass is 477 g/mol. The van der Waals surface area contributed by atoms with E-state index in [1.165, 1.54) is 54.0 Å². The van der Waals surface area contributed by atoms with Gasteiger partial charge in [-0.3, -0.25) is 9.63 Å². The molecule has 0 aromatic heterocycles. The quantitative estimate of drug-likeness (QED) is 0.260. The Bertz CT molecular complexity index is 1280. The largest absolute Gasteiger partial charge is 0.274 e. The van der Waals surface area contributed by atoms with Crippen LogP contribution in [0.5, 0.6) is 0 Å². The molecular formula is C33H35NO2. The fourth-order valence-electron chi connectivity index (χ4n) is 5.84.